The van der Waals surface area contributed by atoms with Crippen LogP contribution in [0.15, 0.2) is 60.8 Å². The number of rotatable bonds is 8. The van der Waals surface area contributed by atoms with E-state index in [4.69, 9.17) is 0 Å². The molecule has 1 amide bonds. The van der Waals surface area contributed by atoms with Gasteiger partial charge in [0.2, 0.25) is 5.91 Å². The van der Waals surface area contributed by atoms with Crippen molar-refractivity contribution in [3.63, 3.8) is 0 Å². The number of thiazole rings is 1. The van der Waals surface area contributed by atoms with Crippen molar-refractivity contribution in [3.05, 3.63) is 82.7 Å². The summed E-state index contributed by atoms with van der Waals surface area (Å²) in [4.78, 5) is 20.2. The van der Waals surface area contributed by atoms with E-state index in [2.05, 4.69) is 27.2 Å². The van der Waals surface area contributed by atoms with Crippen molar-refractivity contribution in [1.82, 2.24) is 9.97 Å². The first-order valence-electron chi connectivity index (χ1n) is 8.63. The Balaban J connectivity index is 1.79. The Morgan fingerprint density at radius 2 is 2.04 bits per heavy atom. The summed E-state index contributed by atoms with van der Waals surface area (Å²) in [7, 11) is 0. The average molecular weight is 394 g/mol. The van der Waals surface area contributed by atoms with E-state index in [1.807, 2.05) is 23.6 Å². The Morgan fingerprint density at radius 1 is 1.21 bits per heavy atom. The highest BCUT2D eigenvalue weighted by Crippen LogP contribution is 2.21. The van der Waals surface area contributed by atoms with Crippen LogP contribution in [0.5, 0.6) is 0 Å². The molecule has 0 aliphatic rings. The lowest BCUT2D eigenvalue weighted by Gasteiger charge is -2.10. The molecular weight excluding hydrogens is 375 g/mol. The van der Waals surface area contributed by atoms with E-state index in [-0.39, 0.29) is 11.7 Å². The third-order valence-corrected chi connectivity index (χ3v) is 4.65. The number of pyridine rings is 1. The molecule has 0 radical (unpaired) electrons. The van der Waals surface area contributed by atoms with Crippen molar-refractivity contribution >= 4 is 40.9 Å². The summed E-state index contributed by atoms with van der Waals surface area (Å²) in [6.45, 7) is 4.13. The molecule has 28 heavy (non-hydrogen) atoms. The van der Waals surface area contributed by atoms with Crippen molar-refractivity contribution in [2.24, 2.45) is 0 Å². The molecule has 5 nitrogen and oxygen atoms in total. The van der Waals surface area contributed by atoms with Crippen LogP contribution in [0.4, 0.5) is 15.9 Å². The van der Waals surface area contributed by atoms with Crippen molar-refractivity contribution < 1.29 is 9.18 Å². The number of hydrogen-bond acceptors (Lipinski definition) is 5. The predicted octanol–water partition coefficient (Wildman–Crippen LogP) is 4.63. The maximum Gasteiger partial charge on any atom is 0.247 e. The number of aromatic nitrogens is 2. The number of hydrogen-bond donors (Lipinski definition) is 2. The van der Waals surface area contributed by atoms with Gasteiger partial charge in [-0.05, 0) is 29.8 Å². The van der Waals surface area contributed by atoms with Gasteiger partial charge in [0.05, 0.1) is 16.9 Å². The van der Waals surface area contributed by atoms with Gasteiger partial charge in [-0.3, -0.25) is 4.79 Å². The molecule has 0 fully saturated rings. The number of halogens is 1. The van der Waals surface area contributed by atoms with Gasteiger partial charge in [-0.1, -0.05) is 30.9 Å². The normalized spacial score (nSPS) is 10.8. The summed E-state index contributed by atoms with van der Waals surface area (Å²) in [6, 6.07) is 8.02. The van der Waals surface area contributed by atoms with Gasteiger partial charge in [0.1, 0.15) is 11.6 Å². The quantitative estimate of drug-likeness (QED) is 0.547. The van der Waals surface area contributed by atoms with Crippen molar-refractivity contribution in [2.75, 3.05) is 17.2 Å². The number of amides is 1. The summed E-state index contributed by atoms with van der Waals surface area (Å²) in [5.74, 6) is 0.101. The van der Waals surface area contributed by atoms with Crippen LogP contribution in [0.1, 0.15) is 16.1 Å². The molecular formula is C21H19FN4OS. The molecule has 0 saturated heterocycles. The maximum absolute atomic E-state index is 13.1. The van der Waals surface area contributed by atoms with E-state index < -0.39 is 0 Å². The Morgan fingerprint density at radius 3 is 2.75 bits per heavy atom. The zero-order valence-electron chi connectivity index (χ0n) is 15.1. The van der Waals surface area contributed by atoms with Crippen LogP contribution in [-0.4, -0.2) is 22.4 Å². The van der Waals surface area contributed by atoms with Gasteiger partial charge in [-0.15, -0.1) is 11.3 Å². The second-order valence-electron chi connectivity index (χ2n) is 5.84. The second-order valence-corrected chi connectivity index (χ2v) is 6.82. The molecule has 0 bridgehead atoms. The zero-order chi connectivity index (χ0) is 19.8. The SMILES string of the molecule is C=CC(=O)Nc1cnc(NCCc2nccs2)c(/C=C/c2ccc(F)cc2)c1. The zero-order valence-corrected chi connectivity index (χ0v) is 15.9. The highest BCUT2D eigenvalue weighted by molar-refractivity contribution is 7.09. The van der Waals surface area contributed by atoms with E-state index in [1.54, 1.807) is 35.9 Å². The average Bonchev–Trinajstić information content (AvgIpc) is 3.22. The van der Waals surface area contributed by atoms with E-state index in [0.717, 1.165) is 22.6 Å². The van der Waals surface area contributed by atoms with Crippen LogP contribution in [0.3, 0.4) is 0 Å². The Kier molecular flexibility index (Phi) is 6.64. The maximum atomic E-state index is 13.1. The number of anilines is 2. The molecule has 3 rings (SSSR count). The minimum Gasteiger partial charge on any atom is -0.369 e. The molecule has 2 N–H and O–H groups in total. The largest absolute Gasteiger partial charge is 0.369 e. The summed E-state index contributed by atoms with van der Waals surface area (Å²) in [5.41, 5.74) is 2.22. The minimum atomic E-state index is -0.306. The van der Waals surface area contributed by atoms with Crippen LogP contribution < -0.4 is 10.6 Å². The topological polar surface area (TPSA) is 66.9 Å². The van der Waals surface area contributed by atoms with Crippen LogP contribution in [0.2, 0.25) is 0 Å². The van der Waals surface area contributed by atoms with Crippen molar-refractivity contribution in [1.29, 1.82) is 0 Å². The van der Waals surface area contributed by atoms with Gasteiger partial charge in [0.25, 0.3) is 0 Å². The van der Waals surface area contributed by atoms with Crippen LogP contribution in [0, 0.1) is 5.82 Å². The number of carbonyl (C=O) groups excluding carboxylic acids is 1. The second kappa shape index (κ2) is 9.57. The molecule has 7 heteroatoms. The Bertz CT molecular complexity index is 969. The summed E-state index contributed by atoms with van der Waals surface area (Å²) in [5, 5.41) is 9.00. The lowest BCUT2D eigenvalue weighted by atomic mass is 10.1. The molecule has 0 aliphatic carbocycles. The number of benzene rings is 1. The van der Waals surface area contributed by atoms with E-state index in [1.165, 1.54) is 18.2 Å². The van der Waals surface area contributed by atoms with E-state index >= 15 is 0 Å². The molecule has 0 unspecified atom stereocenters. The molecule has 0 spiro atoms. The highest BCUT2D eigenvalue weighted by atomic mass is 32.1. The molecule has 1 aromatic carbocycles. The monoisotopic (exact) mass is 394 g/mol. The number of carbonyl (C=O) groups is 1. The standard InChI is InChI=1S/C21H19FN4OS/c1-2-19(27)26-18-13-16(6-3-15-4-7-17(22)8-5-15)21(25-14-18)24-10-9-20-23-11-12-28-20/h2-8,11-14H,1,9-10H2,(H,24,25)(H,26,27)/b6-3+. The van der Waals surface area contributed by atoms with Crippen LogP contribution >= 0.6 is 11.3 Å². The first-order chi connectivity index (χ1) is 13.6. The van der Waals surface area contributed by atoms with E-state index in [9.17, 15) is 9.18 Å². The van der Waals surface area contributed by atoms with Gasteiger partial charge in [-0.25, -0.2) is 14.4 Å². The predicted molar refractivity (Wildman–Crippen MR) is 113 cm³/mol. The van der Waals surface area contributed by atoms with E-state index in [0.29, 0.717) is 18.1 Å². The van der Waals surface area contributed by atoms with Crippen molar-refractivity contribution in [2.45, 2.75) is 6.42 Å². The molecule has 2 aromatic heterocycles. The third kappa shape index (κ3) is 5.59. The smallest absolute Gasteiger partial charge is 0.247 e. The van der Waals surface area contributed by atoms with Gasteiger partial charge < -0.3 is 10.6 Å². The molecule has 0 atom stereocenters. The lowest BCUT2D eigenvalue weighted by molar-refractivity contribution is -0.111. The molecule has 142 valence electrons. The highest BCUT2D eigenvalue weighted by Gasteiger charge is 2.06. The molecule has 2 heterocycles. The fourth-order valence-corrected chi connectivity index (χ4v) is 3.06. The Labute approximate surface area is 166 Å². The van der Waals surface area contributed by atoms with Crippen LogP contribution in [0.25, 0.3) is 12.2 Å². The van der Waals surface area contributed by atoms with Crippen molar-refractivity contribution in [3.8, 4) is 0 Å². The number of nitrogens with zero attached hydrogens (tertiary/aromatic N) is 2. The van der Waals surface area contributed by atoms with Gasteiger partial charge in [0.15, 0.2) is 0 Å². The molecule has 0 saturated carbocycles. The lowest BCUT2D eigenvalue weighted by Crippen LogP contribution is -2.10. The minimum absolute atomic E-state index is 0.280. The molecule has 0 aliphatic heterocycles. The Hall–Kier alpha value is -3.32. The van der Waals surface area contributed by atoms with Crippen LogP contribution in [-0.2, 0) is 11.2 Å². The first-order valence-corrected chi connectivity index (χ1v) is 9.51. The summed E-state index contributed by atoms with van der Waals surface area (Å²) in [6.07, 6.45) is 9.09. The third-order valence-electron chi connectivity index (χ3n) is 3.81. The van der Waals surface area contributed by atoms with Gasteiger partial charge in [0, 0.05) is 30.1 Å². The van der Waals surface area contributed by atoms with Gasteiger partial charge >= 0.3 is 0 Å². The van der Waals surface area contributed by atoms with Gasteiger partial charge in [-0.2, -0.15) is 0 Å². The fourth-order valence-electron chi connectivity index (χ4n) is 2.44. The summed E-state index contributed by atoms with van der Waals surface area (Å²) >= 11 is 1.61. The molecule has 3 aromatic rings. The summed E-state index contributed by atoms with van der Waals surface area (Å²) < 4.78 is 13.1. The fraction of sp³-hybridized carbons (Fsp3) is 0.0952. The number of nitrogens with one attached hydrogen (secondary N) is 2. The first kappa shape index (κ1) is 19.4.